The van der Waals surface area contributed by atoms with Gasteiger partial charge in [-0.2, -0.15) is 0 Å². The molecule has 2 aliphatic rings. The summed E-state index contributed by atoms with van der Waals surface area (Å²) in [5.41, 5.74) is 1.54. The summed E-state index contributed by atoms with van der Waals surface area (Å²) in [6, 6.07) is 15.2. The van der Waals surface area contributed by atoms with E-state index in [4.69, 9.17) is 16.3 Å². The maximum absolute atomic E-state index is 12.7. The third kappa shape index (κ3) is 3.65. The van der Waals surface area contributed by atoms with E-state index in [1.165, 1.54) is 0 Å². The molecule has 1 saturated carbocycles. The summed E-state index contributed by atoms with van der Waals surface area (Å²) >= 11 is 6.06. The lowest BCUT2D eigenvalue weighted by atomic mass is 9.95. The molecule has 6 heteroatoms. The molecule has 5 nitrogen and oxygen atoms in total. The number of rotatable bonds is 5. The SMILES string of the molecule is O=C1COc2ccc(Cl)cc2CN1CCNC(=O)C1(c2ccccc2)CC1. The van der Waals surface area contributed by atoms with Gasteiger partial charge in [-0.05, 0) is 36.6 Å². The summed E-state index contributed by atoms with van der Waals surface area (Å²) in [5.74, 6) is 0.622. The fourth-order valence-corrected chi connectivity index (χ4v) is 3.74. The molecule has 1 N–H and O–H groups in total. The highest BCUT2D eigenvalue weighted by Gasteiger charge is 2.50. The number of fused-ring (bicyclic) bond motifs is 1. The van der Waals surface area contributed by atoms with E-state index in [0.717, 1.165) is 24.0 Å². The van der Waals surface area contributed by atoms with Gasteiger partial charge in [0.2, 0.25) is 5.91 Å². The van der Waals surface area contributed by atoms with Gasteiger partial charge in [0.1, 0.15) is 5.75 Å². The van der Waals surface area contributed by atoms with Gasteiger partial charge in [-0.3, -0.25) is 9.59 Å². The minimum atomic E-state index is -0.396. The number of nitrogens with one attached hydrogen (secondary N) is 1. The molecule has 1 aliphatic carbocycles. The van der Waals surface area contributed by atoms with Crippen molar-refractivity contribution in [3.05, 3.63) is 64.7 Å². The van der Waals surface area contributed by atoms with Crippen molar-refractivity contribution >= 4 is 23.4 Å². The molecule has 0 radical (unpaired) electrons. The topological polar surface area (TPSA) is 58.6 Å². The van der Waals surface area contributed by atoms with E-state index in [1.807, 2.05) is 36.4 Å². The van der Waals surface area contributed by atoms with Gasteiger partial charge in [-0.25, -0.2) is 0 Å². The van der Waals surface area contributed by atoms with E-state index in [9.17, 15) is 9.59 Å². The lowest BCUT2D eigenvalue weighted by molar-refractivity contribution is -0.133. The van der Waals surface area contributed by atoms with Gasteiger partial charge in [0, 0.05) is 30.2 Å². The molecule has 2 aromatic carbocycles. The maximum Gasteiger partial charge on any atom is 0.260 e. The molecule has 4 rings (SSSR count). The number of nitrogens with zero attached hydrogens (tertiary/aromatic N) is 1. The lowest BCUT2D eigenvalue weighted by Crippen LogP contribution is -2.42. The first kappa shape index (κ1) is 17.9. The molecular weight excluding hydrogens is 364 g/mol. The van der Waals surface area contributed by atoms with E-state index in [-0.39, 0.29) is 18.4 Å². The molecule has 1 fully saturated rings. The monoisotopic (exact) mass is 384 g/mol. The van der Waals surface area contributed by atoms with Crippen LogP contribution in [0.25, 0.3) is 0 Å². The van der Waals surface area contributed by atoms with Crippen molar-refractivity contribution < 1.29 is 14.3 Å². The Balaban J connectivity index is 1.37. The van der Waals surface area contributed by atoms with Crippen LogP contribution in [0, 0.1) is 0 Å². The number of halogens is 1. The molecule has 1 heterocycles. The first-order valence-electron chi connectivity index (χ1n) is 9.11. The maximum atomic E-state index is 12.7. The molecule has 27 heavy (non-hydrogen) atoms. The van der Waals surface area contributed by atoms with Gasteiger partial charge in [0.15, 0.2) is 6.61 Å². The van der Waals surface area contributed by atoms with Gasteiger partial charge in [-0.1, -0.05) is 41.9 Å². The van der Waals surface area contributed by atoms with Crippen LogP contribution in [-0.4, -0.2) is 36.4 Å². The molecule has 140 valence electrons. The number of hydrogen-bond acceptors (Lipinski definition) is 3. The van der Waals surface area contributed by atoms with Gasteiger partial charge >= 0.3 is 0 Å². The zero-order valence-corrected chi connectivity index (χ0v) is 15.7. The Hall–Kier alpha value is -2.53. The van der Waals surface area contributed by atoms with Crippen LogP contribution in [0.5, 0.6) is 5.75 Å². The van der Waals surface area contributed by atoms with E-state index >= 15 is 0 Å². The molecule has 0 aromatic heterocycles. The van der Waals surface area contributed by atoms with Crippen molar-refractivity contribution in [1.29, 1.82) is 0 Å². The molecule has 0 bridgehead atoms. The van der Waals surface area contributed by atoms with Crippen molar-refractivity contribution in [2.75, 3.05) is 19.7 Å². The summed E-state index contributed by atoms with van der Waals surface area (Å²) in [7, 11) is 0. The smallest absolute Gasteiger partial charge is 0.260 e. The normalized spacial score (nSPS) is 17.5. The second-order valence-corrected chi connectivity index (χ2v) is 7.50. The van der Waals surface area contributed by atoms with Crippen molar-refractivity contribution in [2.24, 2.45) is 0 Å². The highest BCUT2D eigenvalue weighted by molar-refractivity contribution is 6.30. The molecule has 2 amide bonds. The molecule has 2 aromatic rings. The van der Waals surface area contributed by atoms with Gasteiger partial charge in [0.05, 0.1) is 5.41 Å². The van der Waals surface area contributed by atoms with Crippen molar-refractivity contribution in [2.45, 2.75) is 24.8 Å². The van der Waals surface area contributed by atoms with Crippen LogP contribution in [0.2, 0.25) is 5.02 Å². The lowest BCUT2D eigenvalue weighted by Gasteiger charge is -2.21. The third-order valence-corrected chi connectivity index (χ3v) is 5.50. The van der Waals surface area contributed by atoms with E-state index < -0.39 is 5.41 Å². The second kappa shape index (κ2) is 7.24. The first-order chi connectivity index (χ1) is 13.1. The Labute approximate surface area is 163 Å². The Morgan fingerprint density at radius 1 is 1.19 bits per heavy atom. The fourth-order valence-electron chi connectivity index (χ4n) is 3.54. The third-order valence-electron chi connectivity index (χ3n) is 5.27. The molecular formula is C21H21ClN2O3. The molecule has 0 saturated heterocycles. The van der Waals surface area contributed by atoms with Crippen molar-refractivity contribution in [3.63, 3.8) is 0 Å². The minimum absolute atomic E-state index is 0.00344. The largest absolute Gasteiger partial charge is 0.483 e. The van der Waals surface area contributed by atoms with Crippen LogP contribution in [0.1, 0.15) is 24.0 Å². The highest BCUT2D eigenvalue weighted by atomic mass is 35.5. The van der Waals surface area contributed by atoms with E-state index in [0.29, 0.717) is 30.4 Å². The molecule has 0 atom stereocenters. The van der Waals surface area contributed by atoms with Crippen LogP contribution in [0.15, 0.2) is 48.5 Å². The van der Waals surface area contributed by atoms with Crippen LogP contribution < -0.4 is 10.1 Å². The van der Waals surface area contributed by atoms with E-state index in [1.54, 1.807) is 17.0 Å². The Morgan fingerprint density at radius 2 is 1.96 bits per heavy atom. The number of carbonyl (C=O) groups is 2. The molecule has 1 aliphatic heterocycles. The van der Waals surface area contributed by atoms with Crippen molar-refractivity contribution in [1.82, 2.24) is 10.2 Å². The quantitative estimate of drug-likeness (QED) is 0.862. The summed E-state index contributed by atoms with van der Waals surface area (Å²) in [4.78, 5) is 26.7. The number of hydrogen-bond donors (Lipinski definition) is 1. The predicted molar refractivity (Wildman–Crippen MR) is 103 cm³/mol. The number of ether oxygens (including phenoxy) is 1. The van der Waals surface area contributed by atoms with Crippen LogP contribution >= 0.6 is 11.6 Å². The minimum Gasteiger partial charge on any atom is -0.483 e. The highest BCUT2D eigenvalue weighted by Crippen LogP contribution is 2.48. The molecule has 0 unspecified atom stereocenters. The zero-order chi connectivity index (χ0) is 18.9. The van der Waals surface area contributed by atoms with Crippen LogP contribution in [0.3, 0.4) is 0 Å². The van der Waals surface area contributed by atoms with Gasteiger partial charge < -0.3 is 15.0 Å². The predicted octanol–water partition coefficient (Wildman–Crippen LogP) is 2.91. The molecule has 0 spiro atoms. The Bertz CT molecular complexity index is 865. The summed E-state index contributed by atoms with van der Waals surface area (Å²) < 4.78 is 5.56. The second-order valence-electron chi connectivity index (χ2n) is 7.06. The van der Waals surface area contributed by atoms with Crippen LogP contribution in [-0.2, 0) is 21.5 Å². The number of benzene rings is 2. The Morgan fingerprint density at radius 3 is 2.70 bits per heavy atom. The van der Waals surface area contributed by atoms with Crippen LogP contribution in [0.4, 0.5) is 0 Å². The van der Waals surface area contributed by atoms with Gasteiger partial charge in [0.25, 0.3) is 5.91 Å². The first-order valence-corrected chi connectivity index (χ1v) is 9.49. The average molecular weight is 385 g/mol. The Kier molecular flexibility index (Phi) is 4.79. The summed E-state index contributed by atoms with van der Waals surface area (Å²) in [6.07, 6.45) is 1.73. The summed E-state index contributed by atoms with van der Waals surface area (Å²) in [5, 5.41) is 3.62. The number of amides is 2. The van der Waals surface area contributed by atoms with Gasteiger partial charge in [-0.15, -0.1) is 0 Å². The average Bonchev–Trinajstić information content (AvgIpc) is 3.49. The van der Waals surface area contributed by atoms with Crippen molar-refractivity contribution in [3.8, 4) is 5.75 Å². The fraction of sp³-hybridized carbons (Fsp3) is 0.333. The van der Waals surface area contributed by atoms with E-state index in [2.05, 4.69) is 5.32 Å². The summed E-state index contributed by atoms with van der Waals surface area (Å²) in [6.45, 7) is 1.27. The standard InChI is InChI=1S/C21H21ClN2O3/c22-17-6-7-18-15(12-17)13-24(19(25)14-27-18)11-10-23-20(26)21(8-9-21)16-4-2-1-3-5-16/h1-7,12H,8-11,13-14H2,(H,23,26). The zero-order valence-electron chi connectivity index (χ0n) is 14.9. The number of carbonyl (C=O) groups excluding carboxylic acids is 2.